The van der Waals surface area contributed by atoms with Crippen LogP contribution in [0.3, 0.4) is 0 Å². The van der Waals surface area contributed by atoms with Gasteiger partial charge in [0, 0.05) is 24.2 Å². The van der Waals surface area contributed by atoms with Crippen molar-refractivity contribution in [1.82, 2.24) is 9.62 Å². The van der Waals surface area contributed by atoms with Crippen LogP contribution in [0.25, 0.3) is 0 Å². The molecule has 0 spiro atoms. The molecule has 1 aliphatic heterocycles. The summed E-state index contributed by atoms with van der Waals surface area (Å²) in [6.45, 7) is 4.51. The van der Waals surface area contributed by atoms with E-state index in [-0.39, 0.29) is 36.5 Å². The van der Waals surface area contributed by atoms with Crippen LogP contribution in [0.5, 0.6) is 0 Å². The van der Waals surface area contributed by atoms with Crippen LogP contribution in [0.1, 0.15) is 46.0 Å². The molecule has 31 heavy (non-hydrogen) atoms. The van der Waals surface area contributed by atoms with E-state index in [0.717, 1.165) is 12.8 Å². The molecule has 2 aliphatic rings. The second kappa shape index (κ2) is 10.3. The number of carbonyl (C=O) groups is 2. The number of amides is 1. The first kappa shape index (κ1) is 24.0. The molecule has 0 radical (unpaired) electrons. The maximum absolute atomic E-state index is 12.7. The van der Waals surface area contributed by atoms with Crippen LogP contribution < -0.4 is 5.32 Å². The minimum absolute atomic E-state index is 0.122. The molecule has 1 aromatic carbocycles. The fraction of sp³-hybridized carbons (Fsp3) is 0.636. The van der Waals surface area contributed by atoms with Crippen LogP contribution in [-0.4, -0.2) is 50.3 Å². The molecule has 172 valence electrons. The Kier molecular flexibility index (Phi) is 7.99. The number of carbonyl (C=O) groups excluding carboxylic acids is 2. The van der Waals surface area contributed by atoms with Crippen LogP contribution in [0, 0.1) is 17.8 Å². The smallest absolute Gasteiger partial charge is 0.309 e. The molecular formula is C22H31ClN2O5S. The number of sulfonamides is 1. The van der Waals surface area contributed by atoms with Gasteiger partial charge in [0.05, 0.1) is 10.8 Å². The molecule has 7 nitrogen and oxygen atoms in total. The van der Waals surface area contributed by atoms with E-state index in [9.17, 15) is 18.0 Å². The van der Waals surface area contributed by atoms with Crippen molar-refractivity contribution >= 4 is 33.5 Å². The summed E-state index contributed by atoms with van der Waals surface area (Å²) >= 11 is 5.83. The molecule has 0 unspecified atom stereocenters. The standard InChI is InChI=1S/C22H31ClN2O5S/c1-15-4-3-5-20(16(15)2)24-21(26)14-30-22(27)17-10-12-25(13-11-17)31(28,29)19-8-6-18(23)7-9-19/h6-9,15-17,20H,3-5,10-14H2,1-2H3,(H,24,26)/t15-,16+,20+/m0/s1. The summed E-state index contributed by atoms with van der Waals surface area (Å²) in [7, 11) is -3.62. The Balaban J connectivity index is 1.45. The number of nitrogens with zero attached hydrogens (tertiary/aromatic N) is 1. The van der Waals surface area contributed by atoms with Gasteiger partial charge in [-0.05, 0) is 55.4 Å². The van der Waals surface area contributed by atoms with Gasteiger partial charge in [0.25, 0.3) is 5.91 Å². The van der Waals surface area contributed by atoms with Crippen molar-refractivity contribution in [3.05, 3.63) is 29.3 Å². The van der Waals surface area contributed by atoms with Gasteiger partial charge >= 0.3 is 5.97 Å². The number of benzene rings is 1. The third kappa shape index (κ3) is 5.99. The van der Waals surface area contributed by atoms with Crippen molar-refractivity contribution < 1.29 is 22.7 Å². The summed E-state index contributed by atoms with van der Waals surface area (Å²) in [4.78, 5) is 24.8. The van der Waals surface area contributed by atoms with Crippen molar-refractivity contribution in [2.24, 2.45) is 17.8 Å². The second-order valence-electron chi connectivity index (χ2n) is 8.68. The molecule has 1 saturated carbocycles. The van der Waals surface area contributed by atoms with Crippen molar-refractivity contribution in [3.8, 4) is 0 Å². The third-order valence-corrected chi connectivity index (χ3v) is 8.80. The summed E-state index contributed by atoms with van der Waals surface area (Å²) < 4.78 is 32.1. The topological polar surface area (TPSA) is 92.8 Å². The minimum atomic E-state index is -3.62. The first-order valence-electron chi connectivity index (χ1n) is 10.9. The molecule has 1 heterocycles. The molecule has 1 amide bonds. The average Bonchev–Trinajstić information content (AvgIpc) is 2.75. The Bertz CT molecular complexity index is 882. The summed E-state index contributed by atoms with van der Waals surface area (Å²) in [5, 5.41) is 3.46. The van der Waals surface area contributed by atoms with Gasteiger partial charge in [-0.15, -0.1) is 0 Å². The largest absolute Gasteiger partial charge is 0.455 e. The molecule has 1 N–H and O–H groups in total. The number of piperidine rings is 1. The number of hydrogen-bond donors (Lipinski definition) is 1. The molecule has 9 heteroatoms. The van der Waals surface area contributed by atoms with E-state index >= 15 is 0 Å². The Morgan fingerprint density at radius 2 is 1.74 bits per heavy atom. The molecule has 2 fully saturated rings. The fourth-order valence-electron chi connectivity index (χ4n) is 4.38. The molecule has 1 aromatic rings. The lowest BCUT2D eigenvalue weighted by molar-refractivity contribution is -0.154. The van der Waals surface area contributed by atoms with E-state index < -0.39 is 21.9 Å². The van der Waals surface area contributed by atoms with E-state index in [1.165, 1.54) is 22.9 Å². The van der Waals surface area contributed by atoms with Crippen LogP contribution in [0.2, 0.25) is 5.02 Å². The first-order valence-corrected chi connectivity index (χ1v) is 12.7. The van der Waals surface area contributed by atoms with Gasteiger partial charge < -0.3 is 10.1 Å². The number of rotatable bonds is 6. The van der Waals surface area contributed by atoms with Crippen LogP contribution in [0.4, 0.5) is 0 Å². The molecule has 1 aliphatic carbocycles. The van der Waals surface area contributed by atoms with Crippen molar-refractivity contribution in [2.75, 3.05) is 19.7 Å². The molecule has 3 atom stereocenters. The highest BCUT2D eigenvalue weighted by molar-refractivity contribution is 7.89. The molecule has 3 rings (SSSR count). The minimum Gasteiger partial charge on any atom is -0.455 e. The van der Waals surface area contributed by atoms with Gasteiger partial charge in [-0.1, -0.05) is 38.3 Å². The predicted molar refractivity (Wildman–Crippen MR) is 118 cm³/mol. The van der Waals surface area contributed by atoms with E-state index in [1.807, 2.05) is 0 Å². The van der Waals surface area contributed by atoms with Crippen molar-refractivity contribution in [1.29, 1.82) is 0 Å². The lowest BCUT2D eigenvalue weighted by Crippen LogP contribution is -2.45. The SMILES string of the molecule is C[C@@H]1[C@@H](C)CCC[C@H]1NC(=O)COC(=O)C1CCN(S(=O)(=O)c2ccc(Cl)cc2)CC1. The summed E-state index contributed by atoms with van der Waals surface area (Å²) in [6.07, 6.45) is 3.95. The van der Waals surface area contributed by atoms with Crippen molar-refractivity contribution in [3.63, 3.8) is 0 Å². The van der Waals surface area contributed by atoms with E-state index in [0.29, 0.717) is 29.7 Å². The zero-order valence-electron chi connectivity index (χ0n) is 18.1. The van der Waals surface area contributed by atoms with Crippen LogP contribution in [0.15, 0.2) is 29.2 Å². The monoisotopic (exact) mass is 470 g/mol. The molecule has 0 aromatic heterocycles. The highest BCUT2D eigenvalue weighted by Crippen LogP contribution is 2.29. The summed E-state index contributed by atoms with van der Waals surface area (Å²) in [5.41, 5.74) is 0. The van der Waals surface area contributed by atoms with Gasteiger partial charge in [0.2, 0.25) is 10.0 Å². The zero-order valence-corrected chi connectivity index (χ0v) is 19.6. The second-order valence-corrected chi connectivity index (χ2v) is 11.1. The van der Waals surface area contributed by atoms with Crippen molar-refractivity contribution in [2.45, 2.75) is 56.9 Å². The van der Waals surface area contributed by atoms with E-state index in [1.54, 1.807) is 12.1 Å². The van der Waals surface area contributed by atoms with E-state index in [2.05, 4.69) is 19.2 Å². The van der Waals surface area contributed by atoms with Gasteiger partial charge in [-0.3, -0.25) is 9.59 Å². The average molecular weight is 471 g/mol. The van der Waals surface area contributed by atoms with Gasteiger partial charge in [-0.25, -0.2) is 8.42 Å². The van der Waals surface area contributed by atoms with Crippen LogP contribution >= 0.6 is 11.6 Å². The lowest BCUT2D eigenvalue weighted by Gasteiger charge is -2.34. The number of hydrogen-bond acceptors (Lipinski definition) is 5. The summed E-state index contributed by atoms with van der Waals surface area (Å²) in [6, 6.07) is 6.16. The molecular weight excluding hydrogens is 440 g/mol. The number of halogens is 1. The maximum atomic E-state index is 12.7. The third-order valence-electron chi connectivity index (χ3n) is 6.64. The Labute approximate surface area is 189 Å². The maximum Gasteiger partial charge on any atom is 0.309 e. The Morgan fingerprint density at radius 3 is 2.39 bits per heavy atom. The van der Waals surface area contributed by atoms with Gasteiger partial charge in [-0.2, -0.15) is 4.31 Å². The normalized spacial score (nSPS) is 25.7. The highest BCUT2D eigenvalue weighted by atomic mass is 35.5. The van der Waals surface area contributed by atoms with Gasteiger partial charge in [0.1, 0.15) is 0 Å². The molecule has 0 bridgehead atoms. The first-order chi connectivity index (χ1) is 14.7. The highest BCUT2D eigenvalue weighted by Gasteiger charge is 2.33. The lowest BCUT2D eigenvalue weighted by atomic mass is 9.78. The Morgan fingerprint density at radius 1 is 1.10 bits per heavy atom. The zero-order chi connectivity index (χ0) is 22.6. The van der Waals surface area contributed by atoms with E-state index in [4.69, 9.17) is 16.3 Å². The Hall–Kier alpha value is -1.64. The fourth-order valence-corrected chi connectivity index (χ4v) is 5.97. The predicted octanol–water partition coefficient (Wildman–Crippen LogP) is 3.22. The number of esters is 1. The van der Waals surface area contributed by atoms with Gasteiger partial charge in [0.15, 0.2) is 6.61 Å². The summed E-state index contributed by atoms with van der Waals surface area (Å²) in [5.74, 6) is -0.153. The number of nitrogens with one attached hydrogen (secondary N) is 1. The van der Waals surface area contributed by atoms with Crippen LogP contribution in [-0.2, 0) is 24.3 Å². The molecule has 1 saturated heterocycles. The number of ether oxygens (including phenoxy) is 1. The quantitative estimate of drug-likeness (QED) is 0.644.